The van der Waals surface area contributed by atoms with E-state index in [-0.39, 0.29) is 17.6 Å². The Morgan fingerprint density at radius 1 is 1.69 bits per heavy atom. The second kappa shape index (κ2) is 4.23. The highest BCUT2D eigenvalue weighted by Gasteiger charge is 2.14. The molecule has 0 bridgehead atoms. The molecule has 1 rings (SSSR count). The van der Waals surface area contributed by atoms with Crippen LogP contribution in [-0.2, 0) is 4.74 Å². The number of pyridine rings is 1. The number of ether oxygens (including phenoxy) is 1. The molecule has 0 saturated carbocycles. The van der Waals surface area contributed by atoms with Crippen molar-refractivity contribution in [2.45, 2.75) is 6.92 Å². The summed E-state index contributed by atoms with van der Waals surface area (Å²) in [7, 11) is 0. The van der Waals surface area contributed by atoms with E-state index >= 15 is 0 Å². The predicted octanol–water partition coefficient (Wildman–Crippen LogP) is 1.31. The van der Waals surface area contributed by atoms with Crippen molar-refractivity contribution in [3.8, 4) is 0 Å². The third-order valence-corrected chi connectivity index (χ3v) is 2.02. The SMILES string of the molecule is CCOC(=O)c1c(Br)[nH]ccc1=O. The Bertz CT molecular complexity index is 372. The molecule has 0 amide bonds. The fourth-order valence-corrected chi connectivity index (χ4v) is 1.34. The highest BCUT2D eigenvalue weighted by atomic mass is 79.9. The van der Waals surface area contributed by atoms with Crippen LogP contribution in [0.1, 0.15) is 17.3 Å². The summed E-state index contributed by atoms with van der Waals surface area (Å²) in [4.78, 5) is 25.1. The molecule has 70 valence electrons. The lowest BCUT2D eigenvalue weighted by Gasteiger charge is -2.01. The molecule has 13 heavy (non-hydrogen) atoms. The van der Waals surface area contributed by atoms with E-state index in [1.807, 2.05) is 0 Å². The van der Waals surface area contributed by atoms with Gasteiger partial charge < -0.3 is 9.72 Å². The molecule has 0 aliphatic heterocycles. The van der Waals surface area contributed by atoms with Gasteiger partial charge >= 0.3 is 5.97 Å². The van der Waals surface area contributed by atoms with Crippen molar-refractivity contribution in [2.75, 3.05) is 6.61 Å². The van der Waals surface area contributed by atoms with Crippen LogP contribution in [0.25, 0.3) is 0 Å². The molecule has 0 unspecified atom stereocenters. The van der Waals surface area contributed by atoms with Crippen LogP contribution in [0.15, 0.2) is 21.7 Å². The predicted molar refractivity (Wildman–Crippen MR) is 50.7 cm³/mol. The largest absolute Gasteiger partial charge is 0.462 e. The van der Waals surface area contributed by atoms with Gasteiger partial charge in [0.1, 0.15) is 10.2 Å². The van der Waals surface area contributed by atoms with Gasteiger partial charge in [0.05, 0.1) is 6.61 Å². The summed E-state index contributed by atoms with van der Waals surface area (Å²) in [5.41, 5.74) is -0.353. The van der Waals surface area contributed by atoms with Gasteiger partial charge in [-0.1, -0.05) is 0 Å². The number of halogens is 1. The van der Waals surface area contributed by atoms with Crippen LogP contribution in [0.5, 0.6) is 0 Å². The number of rotatable bonds is 2. The molecule has 4 nitrogen and oxygen atoms in total. The first-order valence-electron chi connectivity index (χ1n) is 3.71. The summed E-state index contributed by atoms with van der Waals surface area (Å²) in [5.74, 6) is -0.615. The summed E-state index contributed by atoms with van der Waals surface area (Å²) < 4.78 is 5.05. The van der Waals surface area contributed by atoms with Gasteiger partial charge in [-0.3, -0.25) is 4.79 Å². The van der Waals surface area contributed by atoms with Gasteiger partial charge in [0.2, 0.25) is 0 Å². The quantitative estimate of drug-likeness (QED) is 0.632. The number of esters is 1. The van der Waals surface area contributed by atoms with Crippen LogP contribution in [0.2, 0.25) is 0 Å². The number of hydrogen-bond donors (Lipinski definition) is 1. The zero-order chi connectivity index (χ0) is 9.84. The summed E-state index contributed by atoms with van der Waals surface area (Å²) in [5, 5.41) is 0. The van der Waals surface area contributed by atoms with Gasteiger partial charge in [-0.05, 0) is 22.9 Å². The second-order valence-electron chi connectivity index (χ2n) is 2.25. The normalized spacial score (nSPS) is 9.69. The maximum atomic E-state index is 11.2. The molecule has 0 aliphatic carbocycles. The van der Waals surface area contributed by atoms with Gasteiger partial charge in [0.15, 0.2) is 5.43 Å². The minimum Gasteiger partial charge on any atom is -0.462 e. The van der Waals surface area contributed by atoms with Crippen LogP contribution in [0, 0.1) is 0 Å². The molecule has 0 saturated heterocycles. The number of hydrogen-bond acceptors (Lipinski definition) is 3. The average Bonchev–Trinajstić information content (AvgIpc) is 2.04. The average molecular weight is 246 g/mol. The molecule has 1 heterocycles. The Balaban J connectivity index is 3.13. The highest BCUT2D eigenvalue weighted by Crippen LogP contribution is 2.09. The molecule has 1 aromatic rings. The van der Waals surface area contributed by atoms with Crippen molar-refractivity contribution >= 4 is 21.9 Å². The second-order valence-corrected chi connectivity index (χ2v) is 3.04. The van der Waals surface area contributed by atoms with E-state index in [9.17, 15) is 9.59 Å². The number of nitrogens with one attached hydrogen (secondary N) is 1. The van der Waals surface area contributed by atoms with Crippen LogP contribution >= 0.6 is 15.9 Å². The van der Waals surface area contributed by atoms with Crippen molar-refractivity contribution in [2.24, 2.45) is 0 Å². The Morgan fingerprint density at radius 3 is 2.92 bits per heavy atom. The number of aromatic nitrogens is 1. The lowest BCUT2D eigenvalue weighted by atomic mass is 10.3. The van der Waals surface area contributed by atoms with Crippen molar-refractivity contribution in [3.63, 3.8) is 0 Å². The Morgan fingerprint density at radius 2 is 2.38 bits per heavy atom. The molecule has 0 radical (unpaired) electrons. The molecule has 0 aliphatic rings. The van der Waals surface area contributed by atoms with E-state index in [0.717, 1.165) is 0 Å². The summed E-state index contributed by atoms with van der Waals surface area (Å²) in [6.07, 6.45) is 1.45. The van der Waals surface area contributed by atoms with Gasteiger partial charge in [-0.15, -0.1) is 0 Å². The monoisotopic (exact) mass is 245 g/mol. The van der Waals surface area contributed by atoms with Gasteiger partial charge in [-0.25, -0.2) is 4.79 Å². The number of H-pyrrole nitrogens is 1. The van der Waals surface area contributed by atoms with E-state index in [1.54, 1.807) is 6.92 Å². The Kier molecular flexibility index (Phi) is 3.25. The third kappa shape index (κ3) is 2.18. The minimum atomic E-state index is -0.615. The van der Waals surface area contributed by atoms with Crippen LogP contribution in [-0.4, -0.2) is 17.6 Å². The maximum Gasteiger partial charge on any atom is 0.344 e. The van der Waals surface area contributed by atoms with E-state index in [4.69, 9.17) is 4.74 Å². The lowest BCUT2D eigenvalue weighted by Crippen LogP contribution is -2.17. The molecule has 0 fully saturated rings. The van der Waals surface area contributed by atoms with Gasteiger partial charge in [0.25, 0.3) is 0 Å². The number of carbonyl (C=O) groups excluding carboxylic acids is 1. The first-order valence-corrected chi connectivity index (χ1v) is 4.50. The third-order valence-electron chi connectivity index (χ3n) is 1.39. The molecule has 0 aromatic carbocycles. The number of carbonyl (C=O) groups is 1. The smallest absolute Gasteiger partial charge is 0.344 e. The van der Waals surface area contributed by atoms with Crippen LogP contribution in [0.4, 0.5) is 0 Å². The van der Waals surface area contributed by atoms with Gasteiger partial charge in [0, 0.05) is 12.3 Å². The first kappa shape index (κ1) is 9.98. The Labute approximate surface area is 83.1 Å². The highest BCUT2D eigenvalue weighted by molar-refractivity contribution is 9.10. The Hall–Kier alpha value is -1.10. The van der Waals surface area contributed by atoms with Crippen molar-refractivity contribution in [1.29, 1.82) is 0 Å². The molecule has 0 atom stereocenters. The summed E-state index contributed by atoms with van der Waals surface area (Å²) in [6, 6.07) is 1.27. The minimum absolute atomic E-state index is 0.00403. The summed E-state index contributed by atoms with van der Waals surface area (Å²) in [6.45, 7) is 1.93. The van der Waals surface area contributed by atoms with E-state index in [1.165, 1.54) is 12.3 Å². The summed E-state index contributed by atoms with van der Waals surface area (Å²) >= 11 is 3.06. The molecule has 1 N–H and O–H groups in total. The molecular formula is C8H8BrNO3. The lowest BCUT2D eigenvalue weighted by molar-refractivity contribution is 0.0523. The van der Waals surface area contributed by atoms with Crippen LogP contribution in [0.3, 0.4) is 0 Å². The van der Waals surface area contributed by atoms with E-state index < -0.39 is 5.97 Å². The fraction of sp³-hybridized carbons (Fsp3) is 0.250. The topological polar surface area (TPSA) is 59.2 Å². The maximum absolute atomic E-state index is 11.2. The van der Waals surface area contributed by atoms with Crippen molar-refractivity contribution in [3.05, 3.63) is 32.7 Å². The molecular weight excluding hydrogens is 238 g/mol. The molecule has 1 aromatic heterocycles. The zero-order valence-electron chi connectivity index (χ0n) is 6.96. The fourth-order valence-electron chi connectivity index (χ4n) is 0.848. The number of aromatic amines is 1. The van der Waals surface area contributed by atoms with Crippen molar-refractivity contribution in [1.82, 2.24) is 4.98 Å². The van der Waals surface area contributed by atoms with Crippen LogP contribution < -0.4 is 5.43 Å². The van der Waals surface area contributed by atoms with E-state index in [2.05, 4.69) is 20.9 Å². The first-order chi connectivity index (χ1) is 6.16. The zero-order valence-corrected chi connectivity index (χ0v) is 8.55. The van der Waals surface area contributed by atoms with Crippen molar-refractivity contribution < 1.29 is 9.53 Å². The molecule has 0 spiro atoms. The molecule has 5 heteroatoms. The van der Waals surface area contributed by atoms with Gasteiger partial charge in [-0.2, -0.15) is 0 Å². The standard InChI is InChI=1S/C8H8BrNO3/c1-2-13-8(12)6-5(11)3-4-10-7(6)9/h3-4H,2H2,1H3,(H,10,11). The van der Waals surface area contributed by atoms with E-state index in [0.29, 0.717) is 4.60 Å².